The minimum atomic E-state index is 0.110. The highest BCUT2D eigenvalue weighted by atomic mass is 32.1. The highest BCUT2D eigenvalue weighted by Gasteiger charge is 2.30. The summed E-state index contributed by atoms with van der Waals surface area (Å²) < 4.78 is 11.9. The van der Waals surface area contributed by atoms with Gasteiger partial charge in [0.05, 0.1) is 47.6 Å². The molecule has 0 saturated heterocycles. The second-order valence-corrected chi connectivity index (χ2v) is 22.8. The van der Waals surface area contributed by atoms with E-state index < -0.39 is 0 Å². The van der Waals surface area contributed by atoms with Crippen molar-refractivity contribution in [3.05, 3.63) is 205 Å². The first kappa shape index (κ1) is 38.3. The monoisotopic (exact) mass is 944 g/mol. The van der Waals surface area contributed by atoms with E-state index in [9.17, 15) is 0 Å². The Morgan fingerprint density at radius 1 is 0.343 bits per heavy atom. The summed E-state index contributed by atoms with van der Waals surface area (Å²) in [5.41, 5.74) is 7.50. The first-order chi connectivity index (χ1) is 33.2. The van der Waals surface area contributed by atoms with Crippen LogP contribution in [0, 0.1) is 0 Å². The van der Waals surface area contributed by atoms with Crippen molar-refractivity contribution < 1.29 is 0 Å². The number of rotatable bonds is 6. The Hall–Kier alpha value is -6.84. The maximum Gasteiger partial charge on any atom is 0.0640 e. The number of anilines is 5. The van der Waals surface area contributed by atoms with Crippen LogP contribution in [0.1, 0.15) is 10.4 Å². The molecule has 67 heavy (non-hydrogen) atoms. The largest absolute Gasteiger partial charge is 0.332 e. The van der Waals surface area contributed by atoms with E-state index in [1.165, 1.54) is 130 Å². The van der Waals surface area contributed by atoms with Gasteiger partial charge < -0.3 is 9.80 Å². The van der Waals surface area contributed by atoms with E-state index in [0.717, 1.165) is 6.42 Å². The van der Waals surface area contributed by atoms with Crippen LogP contribution in [0.5, 0.6) is 0 Å². The SMILES string of the molecule is C1=CC(N(c2cccc3c2sc2ccccc23)c2cccc3c2sc2ccccc23)Cc2sc3cc(N(c4cccc5c4sc4ccccc45)c4cccc5c4sc4ccccc45)ccc3c21. The van der Waals surface area contributed by atoms with Crippen LogP contribution in [0.2, 0.25) is 0 Å². The molecule has 5 aromatic heterocycles. The molecular weight excluding hydrogens is 909 g/mol. The zero-order chi connectivity index (χ0) is 43.7. The van der Waals surface area contributed by atoms with Gasteiger partial charge in [0.1, 0.15) is 0 Å². The molecule has 1 aliphatic carbocycles. The molecule has 0 N–H and O–H groups in total. The molecule has 316 valence electrons. The van der Waals surface area contributed by atoms with Crippen LogP contribution in [0.3, 0.4) is 0 Å². The third-order valence-corrected chi connectivity index (χ3v) is 19.8. The molecule has 0 radical (unpaired) electrons. The number of benzene rings is 9. The molecule has 5 heterocycles. The minimum Gasteiger partial charge on any atom is -0.332 e. The summed E-state index contributed by atoms with van der Waals surface area (Å²) in [6.07, 6.45) is 5.82. The average molecular weight is 945 g/mol. The molecule has 1 aliphatic rings. The normalized spacial score (nSPS) is 14.0. The summed E-state index contributed by atoms with van der Waals surface area (Å²) in [7, 11) is 0. The van der Waals surface area contributed by atoms with Crippen LogP contribution in [0.15, 0.2) is 194 Å². The van der Waals surface area contributed by atoms with Crippen LogP contribution >= 0.6 is 56.7 Å². The van der Waals surface area contributed by atoms with Gasteiger partial charge in [0, 0.05) is 89.0 Å². The Balaban J connectivity index is 0.902. The van der Waals surface area contributed by atoms with Gasteiger partial charge >= 0.3 is 0 Å². The molecule has 0 fully saturated rings. The van der Waals surface area contributed by atoms with Crippen molar-refractivity contribution in [3.63, 3.8) is 0 Å². The molecule has 14 aromatic rings. The second kappa shape index (κ2) is 14.8. The van der Waals surface area contributed by atoms with Gasteiger partial charge in [0.2, 0.25) is 0 Å². The van der Waals surface area contributed by atoms with Gasteiger partial charge in [-0.3, -0.25) is 0 Å². The molecule has 15 rings (SSSR count). The summed E-state index contributed by atoms with van der Waals surface area (Å²) in [5, 5.41) is 11.9. The average Bonchev–Trinajstić information content (AvgIpc) is 4.21. The second-order valence-electron chi connectivity index (χ2n) is 17.5. The predicted molar refractivity (Wildman–Crippen MR) is 300 cm³/mol. The van der Waals surface area contributed by atoms with E-state index in [0.29, 0.717) is 0 Å². The van der Waals surface area contributed by atoms with E-state index >= 15 is 0 Å². The molecule has 0 bridgehead atoms. The van der Waals surface area contributed by atoms with Crippen molar-refractivity contribution in [3.8, 4) is 0 Å². The van der Waals surface area contributed by atoms with Gasteiger partial charge in [-0.2, -0.15) is 0 Å². The Kier molecular flexibility index (Phi) is 8.47. The fraction of sp³-hybridized carbons (Fsp3) is 0.0333. The summed E-state index contributed by atoms with van der Waals surface area (Å²) in [5.74, 6) is 0. The number of nitrogens with zero attached hydrogens (tertiary/aromatic N) is 2. The smallest absolute Gasteiger partial charge is 0.0640 e. The van der Waals surface area contributed by atoms with Crippen LogP contribution in [-0.2, 0) is 6.42 Å². The van der Waals surface area contributed by atoms with Crippen LogP contribution < -0.4 is 9.80 Å². The molecular formula is C60H36N2S5. The van der Waals surface area contributed by atoms with Gasteiger partial charge in [0.25, 0.3) is 0 Å². The minimum absolute atomic E-state index is 0.110. The van der Waals surface area contributed by atoms with Gasteiger partial charge in [-0.1, -0.05) is 140 Å². The standard InChI is InChI=1S/C60H36N2S5/c1-5-25-51-37(13-1)43-17-9-21-47(57(43)64-51)61(48-22-10-18-44-38-14-2-6-26-52(38)65-58(44)48)35-29-31-41-42-32-30-36(34-56(42)63-55(41)33-35)62(49-23-11-19-45-39-15-3-7-27-53(39)66-59(45)49)50-24-12-20-46-40-16-4-8-28-54(40)67-60(46)50/h1-33,36H,34H2. The highest BCUT2D eigenvalue weighted by Crippen LogP contribution is 2.52. The maximum absolute atomic E-state index is 2.67. The molecule has 2 nitrogen and oxygen atoms in total. The van der Waals surface area contributed by atoms with Crippen molar-refractivity contribution in [2.24, 2.45) is 0 Å². The van der Waals surface area contributed by atoms with Crippen LogP contribution in [0.25, 0.3) is 96.9 Å². The number of fused-ring (bicyclic) bond motifs is 15. The highest BCUT2D eigenvalue weighted by molar-refractivity contribution is 7.28. The van der Waals surface area contributed by atoms with Gasteiger partial charge in [-0.05, 0) is 66.2 Å². The number of hydrogen-bond donors (Lipinski definition) is 0. The summed E-state index contributed by atoms with van der Waals surface area (Å²) in [6, 6.07) is 70.4. The summed E-state index contributed by atoms with van der Waals surface area (Å²) >= 11 is 9.59. The zero-order valence-electron chi connectivity index (χ0n) is 35.8. The number of thiophene rings is 5. The van der Waals surface area contributed by atoms with Gasteiger partial charge in [-0.15, -0.1) is 56.7 Å². The first-order valence-electron chi connectivity index (χ1n) is 22.7. The fourth-order valence-corrected chi connectivity index (χ4v) is 16.9. The van der Waals surface area contributed by atoms with E-state index in [2.05, 4.69) is 210 Å². The molecule has 0 aliphatic heterocycles. The Bertz CT molecular complexity index is 4140. The molecule has 1 unspecified atom stereocenters. The predicted octanol–water partition coefficient (Wildman–Crippen LogP) is 19.6. The Labute approximate surface area is 405 Å². The summed E-state index contributed by atoms with van der Waals surface area (Å²) in [4.78, 5) is 6.65. The lowest BCUT2D eigenvalue weighted by molar-refractivity contribution is 0.782. The Morgan fingerprint density at radius 3 is 1.21 bits per heavy atom. The zero-order valence-corrected chi connectivity index (χ0v) is 39.9. The van der Waals surface area contributed by atoms with Crippen molar-refractivity contribution in [1.82, 2.24) is 0 Å². The lowest BCUT2D eigenvalue weighted by Crippen LogP contribution is -2.32. The molecule has 0 spiro atoms. The van der Waals surface area contributed by atoms with Crippen LogP contribution in [-0.4, -0.2) is 6.04 Å². The lowest BCUT2D eigenvalue weighted by atomic mass is 9.96. The van der Waals surface area contributed by atoms with Crippen molar-refractivity contribution in [2.75, 3.05) is 9.80 Å². The topological polar surface area (TPSA) is 6.48 Å². The molecule has 0 saturated carbocycles. The molecule has 7 heteroatoms. The number of hydrogen-bond acceptors (Lipinski definition) is 7. The quantitative estimate of drug-likeness (QED) is 0.164. The fourth-order valence-electron chi connectivity index (χ4n) is 10.8. The van der Waals surface area contributed by atoms with E-state index in [-0.39, 0.29) is 6.04 Å². The molecule has 1 atom stereocenters. The van der Waals surface area contributed by atoms with E-state index in [4.69, 9.17) is 0 Å². The van der Waals surface area contributed by atoms with Crippen molar-refractivity contribution >= 4 is 182 Å². The van der Waals surface area contributed by atoms with Crippen molar-refractivity contribution in [2.45, 2.75) is 12.5 Å². The van der Waals surface area contributed by atoms with Crippen molar-refractivity contribution in [1.29, 1.82) is 0 Å². The molecule has 9 aromatic carbocycles. The van der Waals surface area contributed by atoms with Crippen LogP contribution in [0.4, 0.5) is 28.4 Å². The van der Waals surface area contributed by atoms with E-state index in [1.807, 2.05) is 56.7 Å². The third kappa shape index (κ3) is 5.76. The summed E-state index contributed by atoms with van der Waals surface area (Å²) in [6.45, 7) is 0. The van der Waals surface area contributed by atoms with Gasteiger partial charge in [-0.25, -0.2) is 0 Å². The lowest BCUT2D eigenvalue weighted by Gasteiger charge is -2.34. The van der Waals surface area contributed by atoms with E-state index in [1.54, 1.807) is 0 Å². The Morgan fingerprint density at radius 2 is 0.746 bits per heavy atom. The van der Waals surface area contributed by atoms with Gasteiger partial charge in [0.15, 0.2) is 0 Å². The maximum atomic E-state index is 2.67. The third-order valence-electron chi connectivity index (χ3n) is 13.8. The molecule has 0 amide bonds. The first-order valence-corrected chi connectivity index (χ1v) is 26.7.